The third-order valence-electron chi connectivity index (χ3n) is 1.99. The van der Waals surface area contributed by atoms with Crippen LogP contribution < -0.4 is 0 Å². The van der Waals surface area contributed by atoms with Crippen LogP contribution in [0.15, 0.2) is 28.0 Å². The predicted molar refractivity (Wildman–Crippen MR) is 67.7 cm³/mol. The Bertz CT molecular complexity index is 474. The van der Waals surface area contributed by atoms with Gasteiger partial charge in [-0.05, 0) is 30.7 Å². The van der Waals surface area contributed by atoms with Gasteiger partial charge in [0.2, 0.25) is 0 Å². The summed E-state index contributed by atoms with van der Waals surface area (Å²) in [6, 6.07) is 4.74. The van der Waals surface area contributed by atoms with Crippen LogP contribution in [0.25, 0.3) is 0 Å². The summed E-state index contributed by atoms with van der Waals surface area (Å²) in [5.41, 5.74) is 0.623. The molecular formula is C9H11BrO5S2. The van der Waals surface area contributed by atoms with Gasteiger partial charge >= 0.3 is 0 Å². The van der Waals surface area contributed by atoms with E-state index in [9.17, 15) is 8.42 Å². The van der Waals surface area contributed by atoms with Gasteiger partial charge in [-0.25, -0.2) is 13.7 Å². The highest BCUT2D eigenvalue weighted by atomic mass is 79.9. The largest absolute Gasteiger partial charge is 0.224 e. The van der Waals surface area contributed by atoms with E-state index in [1.54, 1.807) is 19.1 Å². The third kappa shape index (κ3) is 4.23. The lowest BCUT2D eigenvalue weighted by Crippen LogP contribution is -2.09. The van der Waals surface area contributed by atoms with Gasteiger partial charge < -0.3 is 0 Å². The topological polar surface area (TPSA) is 72.8 Å². The van der Waals surface area contributed by atoms with Crippen LogP contribution in [-0.4, -0.2) is 24.8 Å². The Labute approximate surface area is 112 Å². The molecule has 0 radical (unpaired) electrons. The number of aryl methyl sites for hydroxylation is 1. The van der Waals surface area contributed by atoms with E-state index >= 15 is 0 Å². The van der Waals surface area contributed by atoms with Crippen LogP contribution in [0.1, 0.15) is 5.56 Å². The summed E-state index contributed by atoms with van der Waals surface area (Å²) in [6.07, 6.45) is 0. The van der Waals surface area contributed by atoms with E-state index in [1.165, 1.54) is 6.07 Å². The molecule has 0 spiro atoms. The van der Waals surface area contributed by atoms with Crippen LogP contribution in [-0.2, 0) is 19.2 Å². The molecule has 0 atom stereocenters. The van der Waals surface area contributed by atoms with E-state index in [1.807, 2.05) is 0 Å². The summed E-state index contributed by atoms with van der Waals surface area (Å²) in [5.74, 6) is 0.0522. The molecule has 96 valence electrons. The number of hydrogen-bond acceptors (Lipinski definition) is 6. The van der Waals surface area contributed by atoms with Crippen molar-refractivity contribution in [1.29, 1.82) is 0 Å². The smallest absolute Gasteiger partial charge is 0.179 e. The van der Waals surface area contributed by atoms with E-state index in [0.717, 1.165) is 12.0 Å². The summed E-state index contributed by atoms with van der Waals surface area (Å²) in [6.45, 7) is 1.70. The highest BCUT2D eigenvalue weighted by Crippen LogP contribution is 2.25. The normalized spacial score (nSPS) is 11.7. The molecule has 0 heterocycles. The molecule has 0 aliphatic carbocycles. The van der Waals surface area contributed by atoms with E-state index in [4.69, 9.17) is 5.26 Å². The van der Waals surface area contributed by atoms with Crippen molar-refractivity contribution in [2.45, 2.75) is 16.7 Å². The van der Waals surface area contributed by atoms with Crippen molar-refractivity contribution in [2.75, 3.05) is 11.1 Å². The zero-order valence-corrected chi connectivity index (χ0v) is 12.1. The number of sulfone groups is 1. The SMILES string of the molecule is Cc1cc(SOOO)ccc1S(=O)(=O)CCBr. The van der Waals surface area contributed by atoms with Crippen molar-refractivity contribution in [3.05, 3.63) is 23.8 Å². The third-order valence-corrected chi connectivity index (χ3v) is 5.35. The number of hydrogen-bond donors (Lipinski definition) is 1. The van der Waals surface area contributed by atoms with Gasteiger partial charge in [0.15, 0.2) is 9.84 Å². The molecule has 1 rings (SSSR count). The average Bonchev–Trinajstić information content (AvgIpc) is 2.26. The van der Waals surface area contributed by atoms with Gasteiger partial charge in [0.05, 0.1) is 22.7 Å². The average molecular weight is 343 g/mol. The zero-order valence-electron chi connectivity index (χ0n) is 8.92. The van der Waals surface area contributed by atoms with Gasteiger partial charge in [-0.15, -0.1) is 4.33 Å². The Morgan fingerprint density at radius 3 is 2.71 bits per heavy atom. The van der Waals surface area contributed by atoms with Crippen molar-refractivity contribution >= 4 is 37.8 Å². The minimum absolute atomic E-state index is 0.0522. The van der Waals surface area contributed by atoms with Gasteiger partial charge in [-0.1, -0.05) is 21.0 Å². The molecule has 0 amide bonds. The van der Waals surface area contributed by atoms with Crippen molar-refractivity contribution in [3.63, 3.8) is 0 Å². The minimum Gasteiger partial charge on any atom is -0.224 e. The van der Waals surface area contributed by atoms with Crippen molar-refractivity contribution in [3.8, 4) is 0 Å². The van der Waals surface area contributed by atoms with Gasteiger partial charge in [0.1, 0.15) is 0 Å². The highest BCUT2D eigenvalue weighted by molar-refractivity contribution is 9.09. The van der Waals surface area contributed by atoms with Crippen LogP contribution >= 0.6 is 28.0 Å². The summed E-state index contributed by atoms with van der Waals surface area (Å²) >= 11 is 3.90. The lowest BCUT2D eigenvalue weighted by atomic mass is 10.2. The van der Waals surface area contributed by atoms with Gasteiger partial charge in [-0.2, -0.15) is 0 Å². The maximum absolute atomic E-state index is 11.8. The van der Waals surface area contributed by atoms with Crippen molar-refractivity contribution in [2.24, 2.45) is 0 Å². The second-order valence-corrected chi connectivity index (χ2v) is 6.81. The first-order valence-electron chi connectivity index (χ1n) is 4.55. The molecule has 8 heteroatoms. The maximum atomic E-state index is 11.8. The predicted octanol–water partition coefficient (Wildman–Crippen LogP) is 2.59. The Morgan fingerprint density at radius 2 is 2.18 bits per heavy atom. The fraction of sp³-hybridized carbons (Fsp3) is 0.333. The molecule has 0 aliphatic rings. The first kappa shape index (κ1) is 14.9. The number of alkyl halides is 1. The molecular weight excluding hydrogens is 332 g/mol. The number of halogens is 1. The van der Waals surface area contributed by atoms with Gasteiger partial charge in [0.25, 0.3) is 0 Å². The Kier molecular flexibility index (Phi) is 5.90. The van der Waals surface area contributed by atoms with Crippen LogP contribution in [0.2, 0.25) is 0 Å². The molecule has 1 aromatic rings. The molecule has 0 bridgehead atoms. The molecule has 5 nitrogen and oxygen atoms in total. The lowest BCUT2D eigenvalue weighted by molar-refractivity contribution is -0.432. The molecule has 1 N–H and O–H groups in total. The minimum atomic E-state index is -3.26. The lowest BCUT2D eigenvalue weighted by Gasteiger charge is -2.07. The van der Waals surface area contributed by atoms with Crippen LogP contribution in [0, 0.1) is 6.92 Å². The molecule has 0 saturated carbocycles. The summed E-state index contributed by atoms with van der Waals surface area (Å²) in [4.78, 5) is 0.931. The zero-order chi connectivity index (χ0) is 12.9. The van der Waals surface area contributed by atoms with Crippen molar-refractivity contribution < 1.29 is 23.0 Å². The number of benzene rings is 1. The molecule has 0 aromatic heterocycles. The highest BCUT2D eigenvalue weighted by Gasteiger charge is 2.16. The Hall–Kier alpha value is -0.120. The first-order valence-corrected chi connectivity index (χ1v) is 8.07. The van der Waals surface area contributed by atoms with E-state index < -0.39 is 9.84 Å². The van der Waals surface area contributed by atoms with Gasteiger partial charge in [0, 0.05) is 10.2 Å². The second kappa shape index (κ2) is 6.72. The standard InChI is InChI=1S/C9H11BrO5S2/c1-7-6-8(16-15-14-11)2-3-9(7)17(12,13)5-4-10/h2-3,6,11H,4-5H2,1H3. The van der Waals surface area contributed by atoms with Gasteiger partial charge in [-0.3, -0.25) is 0 Å². The Morgan fingerprint density at radius 1 is 1.47 bits per heavy atom. The number of rotatable bonds is 6. The summed E-state index contributed by atoms with van der Waals surface area (Å²) in [7, 11) is -3.26. The Balaban J connectivity index is 2.97. The second-order valence-electron chi connectivity index (χ2n) is 3.16. The fourth-order valence-electron chi connectivity index (χ4n) is 1.29. The molecule has 0 aliphatic heterocycles. The first-order chi connectivity index (χ1) is 8.01. The van der Waals surface area contributed by atoms with E-state index in [2.05, 4.69) is 25.3 Å². The van der Waals surface area contributed by atoms with E-state index in [0.29, 0.717) is 20.7 Å². The molecule has 17 heavy (non-hydrogen) atoms. The molecule has 0 unspecified atom stereocenters. The molecule has 1 aromatic carbocycles. The van der Waals surface area contributed by atoms with Crippen molar-refractivity contribution in [1.82, 2.24) is 0 Å². The van der Waals surface area contributed by atoms with E-state index in [-0.39, 0.29) is 5.75 Å². The van der Waals surface area contributed by atoms with Crippen LogP contribution in [0.3, 0.4) is 0 Å². The maximum Gasteiger partial charge on any atom is 0.179 e. The summed E-state index contributed by atoms with van der Waals surface area (Å²) in [5, 5.41) is 11.9. The van der Waals surface area contributed by atoms with Crippen LogP contribution in [0.5, 0.6) is 0 Å². The fourth-order valence-corrected chi connectivity index (χ4v) is 4.27. The molecule has 0 fully saturated rings. The monoisotopic (exact) mass is 342 g/mol. The molecule has 0 saturated heterocycles. The summed E-state index contributed by atoms with van der Waals surface area (Å²) < 4.78 is 28.0. The quantitative estimate of drug-likeness (QED) is 0.370. The van der Waals surface area contributed by atoms with Crippen LogP contribution in [0.4, 0.5) is 0 Å².